The molecule has 1 fully saturated rings. The lowest BCUT2D eigenvalue weighted by Gasteiger charge is -2.35. The molecule has 2 rings (SSSR count). The lowest BCUT2D eigenvalue weighted by molar-refractivity contribution is 0.133. The third kappa shape index (κ3) is 2.41. The minimum Gasteiger partial charge on any atom is -0.304 e. The van der Waals surface area contributed by atoms with Gasteiger partial charge in [0.1, 0.15) is 6.04 Å². The number of likely N-dealkylation sites (N-methyl/N-ethyl adjacent to an activating group) is 1. The summed E-state index contributed by atoms with van der Waals surface area (Å²) in [5.74, 6) is 0. The van der Waals surface area contributed by atoms with Gasteiger partial charge in [-0.15, -0.1) is 0 Å². The maximum atomic E-state index is 9.29. The lowest BCUT2D eigenvalue weighted by Crippen LogP contribution is -2.45. The molecule has 1 aromatic carbocycles. The predicted octanol–water partition coefficient (Wildman–Crippen LogP) is 1.50. The van der Waals surface area contributed by atoms with Crippen LogP contribution in [0.3, 0.4) is 0 Å². The highest BCUT2D eigenvalue weighted by Gasteiger charge is 2.23. The Morgan fingerprint density at radius 2 is 1.75 bits per heavy atom. The molecule has 0 radical (unpaired) electrons. The van der Waals surface area contributed by atoms with Gasteiger partial charge in [0.15, 0.2) is 0 Å². The zero-order chi connectivity index (χ0) is 11.4. The van der Waals surface area contributed by atoms with Gasteiger partial charge in [-0.25, -0.2) is 0 Å². The SMILES string of the molecule is CN1CCN(C(C#N)c2ccccc2)CC1. The maximum Gasteiger partial charge on any atom is 0.123 e. The molecular formula is C13H17N3. The predicted molar refractivity (Wildman–Crippen MR) is 63.9 cm³/mol. The van der Waals surface area contributed by atoms with Crippen molar-refractivity contribution in [3.8, 4) is 6.07 Å². The van der Waals surface area contributed by atoms with Gasteiger partial charge in [0, 0.05) is 26.2 Å². The fourth-order valence-electron chi connectivity index (χ4n) is 2.08. The number of nitriles is 1. The fraction of sp³-hybridized carbons (Fsp3) is 0.462. The molecule has 1 unspecified atom stereocenters. The molecule has 0 saturated carbocycles. The summed E-state index contributed by atoms with van der Waals surface area (Å²) in [4.78, 5) is 4.56. The first-order valence-corrected chi connectivity index (χ1v) is 5.68. The van der Waals surface area contributed by atoms with Crippen LogP contribution in [-0.4, -0.2) is 43.0 Å². The van der Waals surface area contributed by atoms with Crippen LogP contribution in [0.5, 0.6) is 0 Å². The summed E-state index contributed by atoms with van der Waals surface area (Å²) in [6.45, 7) is 4.04. The third-order valence-electron chi connectivity index (χ3n) is 3.14. The molecule has 1 aliphatic heterocycles. The topological polar surface area (TPSA) is 30.3 Å². The second kappa shape index (κ2) is 5.11. The number of piperazine rings is 1. The quantitative estimate of drug-likeness (QED) is 0.749. The largest absolute Gasteiger partial charge is 0.304 e. The van der Waals surface area contributed by atoms with Gasteiger partial charge in [-0.2, -0.15) is 5.26 Å². The van der Waals surface area contributed by atoms with Crippen LogP contribution < -0.4 is 0 Å². The van der Waals surface area contributed by atoms with Crippen molar-refractivity contribution in [3.63, 3.8) is 0 Å². The van der Waals surface area contributed by atoms with E-state index in [0.717, 1.165) is 31.7 Å². The van der Waals surface area contributed by atoms with E-state index in [0.29, 0.717) is 0 Å². The first-order valence-electron chi connectivity index (χ1n) is 5.68. The van der Waals surface area contributed by atoms with Gasteiger partial charge >= 0.3 is 0 Å². The molecule has 0 bridgehead atoms. The average Bonchev–Trinajstić information content (AvgIpc) is 2.34. The van der Waals surface area contributed by atoms with Crippen molar-refractivity contribution in [3.05, 3.63) is 35.9 Å². The van der Waals surface area contributed by atoms with Crippen molar-refractivity contribution in [2.75, 3.05) is 33.2 Å². The number of hydrogen-bond acceptors (Lipinski definition) is 3. The van der Waals surface area contributed by atoms with Gasteiger partial charge in [-0.05, 0) is 12.6 Å². The molecule has 16 heavy (non-hydrogen) atoms. The van der Waals surface area contributed by atoms with Gasteiger partial charge < -0.3 is 4.90 Å². The highest BCUT2D eigenvalue weighted by Crippen LogP contribution is 2.20. The molecule has 84 valence electrons. The molecule has 0 aliphatic carbocycles. The molecule has 0 amide bonds. The summed E-state index contributed by atoms with van der Waals surface area (Å²) in [5.41, 5.74) is 1.11. The Morgan fingerprint density at radius 1 is 1.12 bits per heavy atom. The van der Waals surface area contributed by atoms with E-state index in [4.69, 9.17) is 0 Å². The van der Waals surface area contributed by atoms with Gasteiger partial charge in [0.05, 0.1) is 6.07 Å². The Morgan fingerprint density at radius 3 is 2.31 bits per heavy atom. The van der Waals surface area contributed by atoms with Crippen molar-refractivity contribution in [2.24, 2.45) is 0 Å². The molecule has 1 heterocycles. The Kier molecular flexibility index (Phi) is 3.55. The van der Waals surface area contributed by atoms with Crippen LogP contribution in [0.2, 0.25) is 0 Å². The summed E-state index contributed by atoms with van der Waals surface area (Å²) in [7, 11) is 2.13. The number of hydrogen-bond donors (Lipinski definition) is 0. The van der Waals surface area contributed by atoms with Crippen molar-refractivity contribution in [2.45, 2.75) is 6.04 Å². The van der Waals surface area contributed by atoms with Crippen LogP contribution in [0.4, 0.5) is 0 Å². The Bertz CT molecular complexity index is 361. The van der Waals surface area contributed by atoms with Crippen LogP contribution in [0.15, 0.2) is 30.3 Å². The average molecular weight is 215 g/mol. The molecule has 1 saturated heterocycles. The Labute approximate surface area is 96.9 Å². The molecular weight excluding hydrogens is 198 g/mol. The molecule has 0 spiro atoms. The highest BCUT2D eigenvalue weighted by molar-refractivity contribution is 5.24. The van der Waals surface area contributed by atoms with E-state index in [1.165, 1.54) is 0 Å². The number of rotatable bonds is 2. The second-order valence-electron chi connectivity index (χ2n) is 4.28. The molecule has 3 heteroatoms. The first-order chi connectivity index (χ1) is 7.81. The van der Waals surface area contributed by atoms with Gasteiger partial charge in [0.2, 0.25) is 0 Å². The Hall–Kier alpha value is -1.37. The van der Waals surface area contributed by atoms with Crippen LogP contribution in [0.25, 0.3) is 0 Å². The fourth-order valence-corrected chi connectivity index (χ4v) is 2.08. The van der Waals surface area contributed by atoms with Gasteiger partial charge in [-0.3, -0.25) is 4.90 Å². The van der Waals surface area contributed by atoms with Crippen LogP contribution in [0.1, 0.15) is 11.6 Å². The van der Waals surface area contributed by atoms with Gasteiger partial charge in [0.25, 0.3) is 0 Å². The summed E-state index contributed by atoms with van der Waals surface area (Å²) in [6, 6.07) is 12.4. The highest BCUT2D eigenvalue weighted by atomic mass is 15.3. The number of nitrogens with zero attached hydrogens (tertiary/aromatic N) is 3. The molecule has 0 aromatic heterocycles. The molecule has 0 N–H and O–H groups in total. The van der Waals surface area contributed by atoms with E-state index < -0.39 is 0 Å². The molecule has 1 aliphatic rings. The lowest BCUT2D eigenvalue weighted by atomic mass is 10.1. The minimum absolute atomic E-state index is 0.0881. The molecule has 1 aromatic rings. The summed E-state index contributed by atoms with van der Waals surface area (Å²) < 4.78 is 0. The standard InChI is InChI=1S/C13H17N3/c1-15-7-9-16(10-8-15)13(11-14)12-5-3-2-4-6-12/h2-6,13H,7-10H2,1H3. The molecule has 3 nitrogen and oxygen atoms in total. The van der Waals surface area contributed by atoms with Crippen molar-refractivity contribution < 1.29 is 0 Å². The molecule has 1 atom stereocenters. The zero-order valence-corrected chi connectivity index (χ0v) is 9.63. The normalized spacial score (nSPS) is 20.2. The number of benzene rings is 1. The smallest absolute Gasteiger partial charge is 0.123 e. The van der Waals surface area contributed by atoms with Crippen LogP contribution in [0, 0.1) is 11.3 Å². The summed E-state index contributed by atoms with van der Waals surface area (Å²) in [6.07, 6.45) is 0. The third-order valence-corrected chi connectivity index (χ3v) is 3.14. The van der Waals surface area contributed by atoms with E-state index >= 15 is 0 Å². The zero-order valence-electron chi connectivity index (χ0n) is 9.63. The summed E-state index contributed by atoms with van der Waals surface area (Å²) >= 11 is 0. The van der Waals surface area contributed by atoms with Crippen molar-refractivity contribution in [1.29, 1.82) is 5.26 Å². The monoisotopic (exact) mass is 215 g/mol. The van der Waals surface area contributed by atoms with Gasteiger partial charge in [-0.1, -0.05) is 30.3 Å². The van der Waals surface area contributed by atoms with Crippen LogP contribution in [-0.2, 0) is 0 Å². The first kappa shape index (κ1) is 11.1. The Balaban J connectivity index is 2.09. The maximum absolute atomic E-state index is 9.29. The summed E-state index contributed by atoms with van der Waals surface area (Å²) in [5, 5.41) is 9.29. The van der Waals surface area contributed by atoms with Crippen molar-refractivity contribution >= 4 is 0 Å². The van der Waals surface area contributed by atoms with E-state index in [2.05, 4.69) is 22.9 Å². The van der Waals surface area contributed by atoms with E-state index in [9.17, 15) is 5.26 Å². The minimum atomic E-state index is -0.0881. The second-order valence-corrected chi connectivity index (χ2v) is 4.28. The van der Waals surface area contributed by atoms with E-state index in [1.807, 2.05) is 30.3 Å². The van der Waals surface area contributed by atoms with E-state index in [-0.39, 0.29) is 6.04 Å². The van der Waals surface area contributed by atoms with E-state index in [1.54, 1.807) is 0 Å². The van der Waals surface area contributed by atoms with Crippen molar-refractivity contribution in [1.82, 2.24) is 9.80 Å². The van der Waals surface area contributed by atoms with Crippen LogP contribution >= 0.6 is 0 Å².